The number of carbonyl (C=O) groups is 9. The third-order valence-electron chi connectivity index (χ3n) is 13.2. The molecule has 0 aromatic heterocycles. The Bertz CT molecular complexity index is 2480. The van der Waals surface area contributed by atoms with Crippen molar-refractivity contribution in [3.05, 3.63) is 114 Å². The van der Waals surface area contributed by atoms with Gasteiger partial charge in [-0.15, -0.1) is 0 Å². The monoisotopic (exact) mass is 1750 g/mol. The maximum absolute atomic E-state index is 10.7. The summed E-state index contributed by atoms with van der Waals surface area (Å²) in [4.78, 5) is 104. The van der Waals surface area contributed by atoms with Gasteiger partial charge in [-0.05, 0) is 104 Å². The zero-order chi connectivity index (χ0) is 93.6. The summed E-state index contributed by atoms with van der Waals surface area (Å²) in [5.74, 6) is -3.79. The lowest BCUT2D eigenvalue weighted by atomic mass is 10.2. The molecule has 0 heterocycles. The Kier molecular flexibility index (Phi) is 119. The average Bonchev–Trinajstić information content (AvgIpc) is 0.959. The fourth-order valence-corrected chi connectivity index (χ4v) is 7.06. The van der Waals surface area contributed by atoms with Crippen LogP contribution in [-0.2, 0) is 152 Å². The van der Waals surface area contributed by atoms with Gasteiger partial charge in [0.2, 0.25) is 0 Å². The fourth-order valence-electron chi connectivity index (χ4n) is 7.06. The van der Waals surface area contributed by atoms with E-state index in [2.05, 4.69) is 130 Å². The van der Waals surface area contributed by atoms with E-state index in [0.717, 1.165) is 87.4 Å². The first-order valence-electron chi connectivity index (χ1n) is 39.9. The van der Waals surface area contributed by atoms with Crippen LogP contribution >= 0.6 is 0 Å². The van der Waals surface area contributed by atoms with Gasteiger partial charge in [-0.1, -0.05) is 73.1 Å². The zero-order valence-corrected chi connectivity index (χ0v) is 76.4. The van der Waals surface area contributed by atoms with Crippen molar-refractivity contribution >= 4 is 53.7 Å². The second-order valence-electron chi connectivity index (χ2n) is 23.4. The Hall–Kier alpha value is -7.83. The molecule has 0 radical (unpaired) electrons. The van der Waals surface area contributed by atoms with E-state index in [9.17, 15) is 43.2 Å². The van der Waals surface area contributed by atoms with Crippen LogP contribution in [0, 0.1) is 0 Å². The number of likely N-dealkylation sites (N-methyl/N-ethyl adjacent to an activating group) is 3. The Morgan fingerprint density at radius 1 is 0.281 bits per heavy atom. The molecule has 2 unspecified atom stereocenters. The van der Waals surface area contributed by atoms with Crippen LogP contribution in [0.4, 0.5) is 0 Å². The smallest absolute Gasteiger partial charge is 0.330 e. The fraction of sp³-hybridized carbons (Fsp3) is 0.682. The van der Waals surface area contributed by atoms with Crippen LogP contribution in [0.1, 0.15) is 76.2 Å². The largest absolute Gasteiger partial charge is 0.460 e. The minimum Gasteiger partial charge on any atom is -0.460 e. The molecule has 0 aliphatic heterocycles. The van der Waals surface area contributed by atoms with Gasteiger partial charge in [0.15, 0.2) is 6.29 Å². The van der Waals surface area contributed by atoms with Gasteiger partial charge in [-0.25, -0.2) is 43.2 Å². The maximum atomic E-state index is 10.7. The molecule has 0 aromatic carbocycles. The molecule has 0 rings (SSSR count). The van der Waals surface area contributed by atoms with Crippen molar-refractivity contribution in [1.82, 2.24) is 19.6 Å². The van der Waals surface area contributed by atoms with Gasteiger partial charge in [0.1, 0.15) is 65.7 Å². The highest BCUT2D eigenvalue weighted by Crippen LogP contribution is 2.04. The SMILES string of the molecule is C=CC(=O)OCC(OC)OCC.C=CC(=O)OCC(OCC)N(C)C.C=CC(=O)OCCOCC.C=CC(=O)OCCOCCN(C(C)C)C(C)C.C=CC(=O)OCCOCCN(C)C.C=CC(=O)OCCOCCN(CC)CC.C=CC(=O)OCCOCCOC.C=CC(=O)OCCOCCOCC.C=CC(=O)OCCOCCOCCOCC. The van der Waals surface area contributed by atoms with Crippen LogP contribution in [0.5, 0.6) is 0 Å². The van der Waals surface area contributed by atoms with E-state index in [4.69, 9.17) is 90.0 Å². The number of rotatable bonds is 68. The van der Waals surface area contributed by atoms with Crippen LogP contribution in [0.15, 0.2) is 114 Å². The van der Waals surface area contributed by atoms with E-state index < -0.39 is 60.0 Å². The molecule has 2 atom stereocenters. The summed E-state index contributed by atoms with van der Waals surface area (Å²) in [7, 11) is 10.8. The van der Waals surface area contributed by atoms with Crippen LogP contribution in [0.2, 0.25) is 0 Å². The van der Waals surface area contributed by atoms with E-state index in [-0.39, 0.29) is 52.5 Å². The van der Waals surface area contributed by atoms with Crippen molar-refractivity contribution in [2.75, 3.05) is 287 Å². The Balaban J connectivity index is -0.000000167. The van der Waals surface area contributed by atoms with Crippen LogP contribution in [0.3, 0.4) is 0 Å². The molecule has 0 N–H and O–H groups in total. The number of nitrogens with zero attached hydrogens (tertiary/aromatic N) is 4. The van der Waals surface area contributed by atoms with Crippen molar-refractivity contribution in [2.45, 2.75) is 101 Å². The zero-order valence-electron chi connectivity index (χ0n) is 76.4. The number of carbonyl (C=O) groups excluding carboxylic acids is 9. The second-order valence-corrected chi connectivity index (χ2v) is 23.4. The summed E-state index contributed by atoms with van der Waals surface area (Å²) in [6, 6.07) is 1.02. The van der Waals surface area contributed by atoms with E-state index in [1.165, 1.54) is 7.11 Å². The number of hydrogen-bond donors (Lipinski definition) is 0. The standard InChI is InChI=1S/C13H25NO3.C11H21NO3.C11H20O5.2C9H17NO3.C9H16O4.2C8H14O4.C7H12O3/c1-6-13(15)17-10-9-16-8-7-14(11(2)3)12(4)5;1-4-11(13)15-10-9-14-8-7-12(5-2)6-3;1-3-11(12)16-10-9-15-8-7-14-6-5-13-4-2;1-5-9(11)13-7-8(10(3)4)12-6-2;1-4-9(11)13-8-7-12-6-5-10(2)3;1-3-9(10)13-8-7-12-6-5-11-4-2;1-4-7(9)12-6-8(10-3)11-5-2;1-3-8(9)12-7-6-11-5-4-10-2;1-3-7(8)10-6-5-9-4-2/h6,11-12H,1,7-10H2,2-5H3;4H,1,5-10H2,2-3H3;3H,1,4-10H2,2H3;5,8H,1,6-7H2,2-4H3;4H,1,5-8H2,2-3H3;3H,1,4-8H2,2H3;4,8H,1,5-6H2,2-3H3;3H,1,4-7H2,2H3;3H,1,4-6H2,2H3. The number of esters is 9. The van der Waals surface area contributed by atoms with E-state index in [1.54, 1.807) is 7.11 Å². The molecule has 0 saturated carbocycles. The number of ether oxygens (including phenoxy) is 23. The summed E-state index contributed by atoms with van der Waals surface area (Å²) in [5.41, 5.74) is 0. The van der Waals surface area contributed by atoms with Crippen molar-refractivity contribution in [3.63, 3.8) is 0 Å². The molecule has 36 nitrogen and oxygen atoms in total. The summed E-state index contributed by atoms with van der Waals surface area (Å²) < 4.78 is 114. The molecule has 0 aliphatic carbocycles. The van der Waals surface area contributed by atoms with Gasteiger partial charge < -0.3 is 119 Å². The molecule has 0 fully saturated rings. The molecule has 0 amide bonds. The highest BCUT2D eigenvalue weighted by Gasteiger charge is 2.14. The Morgan fingerprint density at radius 2 is 0.521 bits per heavy atom. The van der Waals surface area contributed by atoms with E-state index in [0.29, 0.717) is 177 Å². The molecule has 0 aliphatic rings. The second kappa shape index (κ2) is 110. The van der Waals surface area contributed by atoms with Crippen molar-refractivity contribution in [3.8, 4) is 0 Å². The van der Waals surface area contributed by atoms with Gasteiger partial charge >= 0.3 is 53.7 Å². The van der Waals surface area contributed by atoms with Gasteiger partial charge in [-0.3, -0.25) is 9.80 Å². The van der Waals surface area contributed by atoms with Gasteiger partial charge in [0.25, 0.3) is 0 Å². The van der Waals surface area contributed by atoms with Crippen LogP contribution in [-0.4, -0.2) is 384 Å². The van der Waals surface area contributed by atoms with Gasteiger partial charge in [0, 0.05) is 134 Å². The van der Waals surface area contributed by atoms with E-state index >= 15 is 0 Å². The predicted molar refractivity (Wildman–Crippen MR) is 462 cm³/mol. The molecule has 0 aromatic rings. The third kappa shape index (κ3) is 121. The highest BCUT2D eigenvalue weighted by molar-refractivity contribution is 5.83. The van der Waals surface area contributed by atoms with Crippen LogP contribution < -0.4 is 0 Å². The molecular weight excluding hydrogens is 1590 g/mol. The third-order valence-corrected chi connectivity index (χ3v) is 13.2. The highest BCUT2D eigenvalue weighted by atomic mass is 16.7. The molecule has 0 spiro atoms. The first-order chi connectivity index (χ1) is 58.0. The van der Waals surface area contributed by atoms with Crippen molar-refractivity contribution in [1.29, 1.82) is 0 Å². The lowest BCUT2D eigenvalue weighted by Gasteiger charge is -2.30. The first kappa shape index (κ1) is 131. The van der Waals surface area contributed by atoms with Gasteiger partial charge in [-0.2, -0.15) is 0 Å². The summed E-state index contributed by atoms with van der Waals surface area (Å²) in [6.45, 7) is 71.3. The molecule has 0 saturated heterocycles. The summed E-state index contributed by atoms with van der Waals surface area (Å²) >= 11 is 0. The molecule has 36 heteroatoms. The Morgan fingerprint density at radius 3 is 0.760 bits per heavy atom. The minimum absolute atomic E-state index is 0.0925. The topological polar surface area (TPSA) is 379 Å². The molecule has 708 valence electrons. The maximum Gasteiger partial charge on any atom is 0.330 e. The number of methoxy groups -OCH3 is 2. The number of hydrogen-bond acceptors (Lipinski definition) is 36. The first-order valence-corrected chi connectivity index (χ1v) is 39.9. The normalized spacial score (nSPS) is 10.5. The van der Waals surface area contributed by atoms with E-state index in [1.807, 2.05) is 72.6 Å². The minimum atomic E-state index is -0.487. The van der Waals surface area contributed by atoms with Crippen LogP contribution in [0.25, 0.3) is 0 Å². The quantitative estimate of drug-likeness (QED) is 0.0190. The molecular formula is C85H156N4O32. The van der Waals surface area contributed by atoms with Crippen molar-refractivity contribution < 1.29 is 152 Å². The summed E-state index contributed by atoms with van der Waals surface area (Å²) in [6.07, 6.45) is 9.50. The van der Waals surface area contributed by atoms with Gasteiger partial charge in [0.05, 0.1) is 119 Å². The Labute approximate surface area is 723 Å². The lowest BCUT2D eigenvalue weighted by molar-refractivity contribution is -0.168. The summed E-state index contributed by atoms with van der Waals surface area (Å²) in [5, 5.41) is 0. The lowest BCUT2D eigenvalue weighted by Crippen LogP contribution is -2.39. The predicted octanol–water partition coefficient (Wildman–Crippen LogP) is 7.27. The average molecular weight is 1750 g/mol. The van der Waals surface area contributed by atoms with Crippen molar-refractivity contribution in [2.24, 2.45) is 0 Å². The molecule has 121 heavy (non-hydrogen) atoms. The molecule has 0 bridgehead atoms.